The molecule has 0 fully saturated rings. The molecule has 4 aromatic heterocycles. The summed E-state index contributed by atoms with van der Waals surface area (Å²) in [6.45, 7) is 0. The van der Waals surface area contributed by atoms with Gasteiger partial charge < -0.3 is 4.57 Å². The van der Waals surface area contributed by atoms with Crippen molar-refractivity contribution in [3.63, 3.8) is 0 Å². The molecule has 4 heterocycles. The summed E-state index contributed by atoms with van der Waals surface area (Å²) in [7, 11) is 0. The van der Waals surface area contributed by atoms with Crippen molar-refractivity contribution in [1.29, 1.82) is 0 Å². The van der Waals surface area contributed by atoms with Crippen LogP contribution >= 0.6 is 11.3 Å². The molecule has 8 aromatic carbocycles. The number of fused-ring (bicyclic) bond motifs is 11. The molecule has 0 radical (unpaired) electrons. The van der Waals surface area contributed by atoms with Gasteiger partial charge in [0.25, 0.3) is 0 Å². The van der Waals surface area contributed by atoms with E-state index in [1.54, 1.807) is 0 Å². The first-order valence-corrected chi connectivity index (χ1v) is 19.9. The molecule has 0 saturated carbocycles. The molecular weight excluding hydrogens is 715 g/mol. The van der Waals surface area contributed by atoms with E-state index in [1.165, 1.54) is 58.5 Å². The molecule has 266 valence electrons. The van der Waals surface area contributed by atoms with E-state index in [0.717, 1.165) is 33.2 Å². The second-order valence-corrected chi connectivity index (χ2v) is 15.5. The van der Waals surface area contributed by atoms with Crippen LogP contribution in [0.4, 0.5) is 0 Å². The van der Waals surface area contributed by atoms with Crippen molar-refractivity contribution in [2.24, 2.45) is 0 Å². The second-order valence-electron chi connectivity index (χ2n) is 14.4. The third-order valence-corrected chi connectivity index (χ3v) is 12.3. The van der Waals surface area contributed by atoms with Gasteiger partial charge in [0.05, 0.1) is 22.1 Å². The zero-order valence-electron chi connectivity index (χ0n) is 30.5. The molecule has 12 rings (SSSR count). The fraction of sp³-hybridized carbons (Fsp3) is 0. The van der Waals surface area contributed by atoms with Crippen molar-refractivity contribution in [2.45, 2.75) is 0 Å². The first-order chi connectivity index (χ1) is 28.3. The number of aromatic nitrogens is 5. The number of para-hydroxylation sites is 2. The summed E-state index contributed by atoms with van der Waals surface area (Å²) >= 11 is 1.86. The molecule has 0 aliphatic heterocycles. The Labute approximate surface area is 331 Å². The molecule has 0 amide bonds. The van der Waals surface area contributed by atoms with E-state index in [9.17, 15) is 0 Å². The third kappa shape index (κ3) is 4.91. The van der Waals surface area contributed by atoms with Crippen LogP contribution in [0.2, 0.25) is 0 Å². The summed E-state index contributed by atoms with van der Waals surface area (Å²) in [5.41, 5.74) is 9.91. The SMILES string of the molecule is c1ccc(-c2cccc(-n3c4ccccc4c4c5c(ccc43)sc3ccc4c(c6ccccc6n4-c4nc(-c6ccccc6)nc(-c6ccccc6)n4)c35)c2)cc1. The van der Waals surface area contributed by atoms with Gasteiger partial charge >= 0.3 is 0 Å². The average molecular weight is 746 g/mol. The van der Waals surface area contributed by atoms with Crippen LogP contribution < -0.4 is 0 Å². The summed E-state index contributed by atoms with van der Waals surface area (Å²) in [5, 5.41) is 7.41. The van der Waals surface area contributed by atoms with Gasteiger partial charge in [-0.1, -0.05) is 140 Å². The van der Waals surface area contributed by atoms with E-state index >= 15 is 0 Å². The van der Waals surface area contributed by atoms with Crippen molar-refractivity contribution < 1.29 is 0 Å². The van der Waals surface area contributed by atoms with Crippen molar-refractivity contribution in [2.75, 3.05) is 0 Å². The molecule has 0 saturated heterocycles. The lowest BCUT2D eigenvalue weighted by molar-refractivity contribution is 0.953. The number of hydrogen-bond donors (Lipinski definition) is 0. The molecule has 0 N–H and O–H groups in total. The molecule has 0 spiro atoms. The van der Waals surface area contributed by atoms with E-state index in [4.69, 9.17) is 15.0 Å². The Morgan fingerprint density at radius 2 is 0.807 bits per heavy atom. The molecule has 5 nitrogen and oxygen atoms in total. The normalized spacial score (nSPS) is 11.9. The highest BCUT2D eigenvalue weighted by atomic mass is 32.1. The highest BCUT2D eigenvalue weighted by molar-refractivity contribution is 7.26. The van der Waals surface area contributed by atoms with Crippen LogP contribution in [-0.4, -0.2) is 24.1 Å². The van der Waals surface area contributed by atoms with Crippen LogP contribution in [0.1, 0.15) is 0 Å². The van der Waals surface area contributed by atoms with Crippen LogP contribution in [0.15, 0.2) is 188 Å². The largest absolute Gasteiger partial charge is 0.309 e. The molecular formula is C51H31N5S. The van der Waals surface area contributed by atoms with Crippen LogP contribution in [-0.2, 0) is 0 Å². The van der Waals surface area contributed by atoms with Crippen LogP contribution in [0.3, 0.4) is 0 Å². The molecule has 0 aliphatic carbocycles. The van der Waals surface area contributed by atoms with E-state index < -0.39 is 0 Å². The van der Waals surface area contributed by atoms with Crippen LogP contribution in [0.25, 0.3) is 109 Å². The minimum absolute atomic E-state index is 0.591. The highest BCUT2D eigenvalue weighted by Gasteiger charge is 2.23. The minimum atomic E-state index is 0.591. The molecule has 0 atom stereocenters. The monoisotopic (exact) mass is 745 g/mol. The first-order valence-electron chi connectivity index (χ1n) is 19.1. The number of hydrogen-bond acceptors (Lipinski definition) is 4. The lowest BCUT2D eigenvalue weighted by atomic mass is 10.0. The predicted molar refractivity (Wildman–Crippen MR) is 238 cm³/mol. The fourth-order valence-electron chi connectivity index (χ4n) is 8.71. The Balaban J connectivity index is 1.18. The second kappa shape index (κ2) is 12.6. The number of rotatable bonds is 5. The van der Waals surface area contributed by atoms with Crippen molar-refractivity contribution in [1.82, 2.24) is 24.1 Å². The van der Waals surface area contributed by atoms with Gasteiger partial charge in [-0.15, -0.1) is 11.3 Å². The fourth-order valence-corrected chi connectivity index (χ4v) is 9.84. The predicted octanol–water partition coefficient (Wildman–Crippen LogP) is 13.4. The van der Waals surface area contributed by atoms with Gasteiger partial charge in [0.15, 0.2) is 11.6 Å². The van der Waals surface area contributed by atoms with E-state index in [1.807, 2.05) is 47.7 Å². The van der Waals surface area contributed by atoms with E-state index in [0.29, 0.717) is 17.6 Å². The molecule has 0 unspecified atom stereocenters. The van der Waals surface area contributed by atoms with Crippen LogP contribution in [0.5, 0.6) is 0 Å². The standard InChI is InChI=1S/C51H31N5S/c1-4-15-32(16-5-1)35-21-14-22-36(31-35)55-39-25-12-10-23-37(39)45-41(55)27-29-43-47(45)48-44(57-43)30-28-42-46(48)38-24-11-13-26-40(38)56(42)51-53-49(33-17-6-2-7-18-33)52-50(54-51)34-19-8-3-9-20-34/h1-31H. The number of nitrogens with zero attached hydrogens (tertiary/aromatic N) is 5. The maximum atomic E-state index is 5.20. The molecule has 12 aromatic rings. The van der Waals surface area contributed by atoms with Gasteiger partial charge in [-0.2, -0.15) is 9.97 Å². The third-order valence-electron chi connectivity index (χ3n) is 11.2. The number of thiophene rings is 1. The Morgan fingerprint density at radius 1 is 0.333 bits per heavy atom. The van der Waals surface area contributed by atoms with Gasteiger partial charge in [0.2, 0.25) is 5.95 Å². The summed E-state index contributed by atoms with van der Waals surface area (Å²) in [5.74, 6) is 1.87. The van der Waals surface area contributed by atoms with E-state index in [2.05, 4.69) is 161 Å². The quantitative estimate of drug-likeness (QED) is 0.176. The zero-order valence-corrected chi connectivity index (χ0v) is 31.4. The Bertz CT molecular complexity index is 3450. The number of benzene rings is 8. The summed E-state index contributed by atoms with van der Waals surface area (Å²) in [6, 6.07) is 66.5. The minimum Gasteiger partial charge on any atom is -0.309 e. The molecule has 0 aliphatic rings. The molecule has 6 heteroatoms. The lowest BCUT2D eigenvalue weighted by Crippen LogP contribution is -2.06. The summed E-state index contributed by atoms with van der Waals surface area (Å²) < 4.78 is 7.18. The van der Waals surface area contributed by atoms with Gasteiger partial charge in [-0.05, 0) is 59.7 Å². The van der Waals surface area contributed by atoms with Crippen molar-refractivity contribution in [3.8, 4) is 45.5 Å². The molecule has 57 heavy (non-hydrogen) atoms. The Hall–Kier alpha value is -7.41. The molecule has 0 bridgehead atoms. The Kier molecular flexibility index (Phi) is 7.03. The van der Waals surface area contributed by atoms with E-state index in [-0.39, 0.29) is 0 Å². The Morgan fingerprint density at radius 3 is 1.39 bits per heavy atom. The van der Waals surface area contributed by atoms with Gasteiger partial charge in [0.1, 0.15) is 0 Å². The van der Waals surface area contributed by atoms with Crippen LogP contribution in [0, 0.1) is 0 Å². The summed E-state index contributed by atoms with van der Waals surface area (Å²) in [6.07, 6.45) is 0. The van der Waals surface area contributed by atoms with Crippen molar-refractivity contribution >= 4 is 75.1 Å². The summed E-state index contributed by atoms with van der Waals surface area (Å²) in [4.78, 5) is 15.4. The maximum Gasteiger partial charge on any atom is 0.238 e. The van der Waals surface area contributed by atoms with Gasteiger partial charge in [0, 0.05) is 58.5 Å². The smallest absolute Gasteiger partial charge is 0.238 e. The average Bonchev–Trinajstić information content (AvgIpc) is 3.95. The highest BCUT2D eigenvalue weighted by Crippen LogP contribution is 2.48. The first kappa shape index (κ1) is 31.9. The maximum absolute atomic E-state index is 5.20. The topological polar surface area (TPSA) is 48.5 Å². The van der Waals surface area contributed by atoms with Gasteiger partial charge in [-0.3, -0.25) is 4.57 Å². The van der Waals surface area contributed by atoms with Gasteiger partial charge in [-0.25, -0.2) is 4.98 Å². The zero-order chi connectivity index (χ0) is 37.5. The van der Waals surface area contributed by atoms with Crippen molar-refractivity contribution in [3.05, 3.63) is 188 Å². The lowest BCUT2D eigenvalue weighted by Gasteiger charge is -2.11.